The van der Waals surface area contributed by atoms with Crippen LogP contribution in [0.25, 0.3) is 10.9 Å². The molecule has 0 bridgehead atoms. The van der Waals surface area contributed by atoms with E-state index in [2.05, 4.69) is 10.3 Å². The van der Waals surface area contributed by atoms with Crippen LogP contribution in [0.1, 0.15) is 5.69 Å². The maximum atomic E-state index is 12.3. The number of aryl methyl sites for hydroxylation is 1. The standard InChI is InChI=1S/C19H16Cl2N2O4S/c1-11-6-7-14-15(20)9-16(21)19(18(14)22-11)27-10-17(24)23-12-4-3-5-13(8-12)28(2,25)26/h3-9H,10H2,1-2H3,(H,23,24). The molecule has 146 valence electrons. The fourth-order valence-corrected chi connectivity index (χ4v) is 3.80. The number of halogens is 2. The Morgan fingerprint density at radius 3 is 2.61 bits per heavy atom. The minimum Gasteiger partial charge on any atom is -0.480 e. The number of sulfone groups is 1. The summed E-state index contributed by atoms with van der Waals surface area (Å²) in [6.45, 7) is 1.48. The van der Waals surface area contributed by atoms with Crippen LogP contribution in [0.15, 0.2) is 47.4 Å². The number of hydrogen-bond donors (Lipinski definition) is 1. The van der Waals surface area contributed by atoms with Gasteiger partial charge in [-0.2, -0.15) is 0 Å². The first-order valence-electron chi connectivity index (χ1n) is 8.13. The van der Waals surface area contributed by atoms with Gasteiger partial charge in [0.2, 0.25) is 0 Å². The van der Waals surface area contributed by atoms with Gasteiger partial charge in [-0.05, 0) is 43.3 Å². The largest absolute Gasteiger partial charge is 0.480 e. The summed E-state index contributed by atoms with van der Waals surface area (Å²) in [5.41, 5.74) is 1.56. The van der Waals surface area contributed by atoms with Gasteiger partial charge in [0, 0.05) is 23.0 Å². The van der Waals surface area contributed by atoms with E-state index in [4.69, 9.17) is 27.9 Å². The van der Waals surface area contributed by atoms with Gasteiger partial charge in [0.05, 0.1) is 14.9 Å². The van der Waals surface area contributed by atoms with Crippen molar-refractivity contribution in [1.82, 2.24) is 4.98 Å². The molecule has 0 atom stereocenters. The van der Waals surface area contributed by atoms with Crippen LogP contribution in [-0.2, 0) is 14.6 Å². The predicted octanol–water partition coefficient (Wildman–Crippen LogP) is 4.27. The molecular weight excluding hydrogens is 423 g/mol. The highest BCUT2D eigenvalue weighted by Crippen LogP contribution is 2.37. The van der Waals surface area contributed by atoms with E-state index >= 15 is 0 Å². The van der Waals surface area contributed by atoms with Crippen molar-refractivity contribution in [2.75, 3.05) is 18.2 Å². The predicted molar refractivity (Wildman–Crippen MR) is 110 cm³/mol. The number of amides is 1. The Hall–Kier alpha value is -2.35. The Bertz CT molecular complexity index is 1180. The summed E-state index contributed by atoms with van der Waals surface area (Å²) in [5, 5.41) is 3.93. The van der Waals surface area contributed by atoms with Gasteiger partial charge in [-0.1, -0.05) is 29.3 Å². The lowest BCUT2D eigenvalue weighted by Gasteiger charge is -2.12. The van der Waals surface area contributed by atoms with Crippen molar-refractivity contribution in [3.63, 3.8) is 0 Å². The first-order chi connectivity index (χ1) is 13.1. The highest BCUT2D eigenvalue weighted by atomic mass is 35.5. The average molecular weight is 439 g/mol. The second kappa shape index (κ2) is 7.95. The molecule has 3 rings (SSSR count). The summed E-state index contributed by atoms with van der Waals surface area (Å²) in [6.07, 6.45) is 1.10. The Morgan fingerprint density at radius 1 is 1.14 bits per heavy atom. The average Bonchev–Trinajstić information content (AvgIpc) is 2.60. The van der Waals surface area contributed by atoms with E-state index in [0.717, 1.165) is 11.9 Å². The number of aromatic nitrogens is 1. The Morgan fingerprint density at radius 2 is 1.89 bits per heavy atom. The molecule has 0 aliphatic heterocycles. The zero-order valence-corrected chi connectivity index (χ0v) is 17.3. The normalized spacial score (nSPS) is 11.4. The van der Waals surface area contributed by atoms with Gasteiger partial charge in [0.15, 0.2) is 22.2 Å². The van der Waals surface area contributed by atoms with Crippen molar-refractivity contribution in [3.05, 3.63) is 58.2 Å². The molecule has 0 aliphatic rings. The van der Waals surface area contributed by atoms with Gasteiger partial charge >= 0.3 is 0 Å². The smallest absolute Gasteiger partial charge is 0.262 e. The van der Waals surface area contributed by atoms with Crippen LogP contribution in [0.3, 0.4) is 0 Å². The minimum absolute atomic E-state index is 0.109. The quantitative estimate of drug-likeness (QED) is 0.642. The summed E-state index contributed by atoms with van der Waals surface area (Å²) in [5.74, 6) is -0.220. The second-order valence-corrected chi connectivity index (χ2v) is 8.99. The number of fused-ring (bicyclic) bond motifs is 1. The monoisotopic (exact) mass is 438 g/mol. The Kier molecular flexibility index (Phi) is 5.79. The third-order valence-electron chi connectivity index (χ3n) is 3.87. The van der Waals surface area contributed by atoms with Crippen molar-refractivity contribution in [2.45, 2.75) is 11.8 Å². The highest BCUT2D eigenvalue weighted by molar-refractivity contribution is 7.90. The number of nitrogens with one attached hydrogen (secondary N) is 1. The van der Waals surface area contributed by atoms with Gasteiger partial charge in [-0.15, -0.1) is 0 Å². The molecule has 9 heteroatoms. The van der Waals surface area contributed by atoms with E-state index in [-0.39, 0.29) is 22.3 Å². The van der Waals surface area contributed by atoms with Crippen LogP contribution < -0.4 is 10.1 Å². The van der Waals surface area contributed by atoms with Gasteiger partial charge in [-0.25, -0.2) is 13.4 Å². The molecule has 0 fully saturated rings. The molecule has 3 aromatic rings. The van der Waals surface area contributed by atoms with Gasteiger partial charge in [0.25, 0.3) is 5.91 Å². The van der Waals surface area contributed by atoms with Crippen LogP contribution in [0.4, 0.5) is 5.69 Å². The van der Waals surface area contributed by atoms with Crippen LogP contribution >= 0.6 is 23.2 Å². The van der Waals surface area contributed by atoms with E-state index in [1.807, 2.05) is 13.0 Å². The van der Waals surface area contributed by atoms with Crippen LogP contribution in [0, 0.1) is 6.92 Å². The van der Waals surface area contributed by atoms with Crippen molar-refractivity contribution < 1.29 is 17.9 Å². The van der Waals surface area contributed by atoms with Crippen molar-refractivity contribution >= 4 is 55.5 Å². The molecule has 0 unspecified atom stereocenters. The zero-order chi connectivity index (χ0) is 20.5. The fourth-order valence-electron chi connectivity index (χ4n) is 2.57. The van der Waals surface area contributed by atoms with Crippen molar-refractivity contribution in [2.24, 2.45) is 0 Å². The van der Waals surface area contributed by atoms with Gasteiger partial charge < -0.3 is 10.1 Å². The summed E-state index contributed by atoms with van der Waals surface area (Å²) in [7, 11) is -3.38. The third-order valence-corrected chi connectivity index (χ3v) is 5.57. The third kappa shape index (κ3) is 4.55. The molecule has 0 aliphatic carbocycles. The lowest BCUT2D eigenvalue weighted by molar-refractivity contribution is -0.118. The number of nitrogens with zero attached hydrogens (tertiary/aromatic N) is 1. The Balaban J connectivity index is 1.80. The molecule has 1 N–H and O–H groups in total. The van der Waals surface area contributed by atoms with E-state index in [1.165, 1.54) is 18.2 Å². The molecule has 0 saturated carbocycles. The molecule has 0 saturated heterocycles. The lowest BCUT2D eigenvalue weighted by atomic mass is 10.2. The van der Waals surface area contributed by atoms with Crippen molar-refractivity contribution in [3.8, 4) is 5.75 Å². The fraction of sp³-hybridized carbons (Fsp3) is 0.158. The van der Waals surface area contributed by atoms with Gasteiger partial charge in [-0.3, -0.25) is 4.79 Å². The van der Waals surface area contributed by atoms with Gasteiger partial charge in [0.1, 0.15) is 5.52 Å². The first-order valence-corrected chi connectivity index (χ1v) is 10.8. The topological polar surface area (TPSA) is 85.4 Å². The molecule has 6 nitrogen and oxygen atoms in total. The summed E-state index contributed by atoms with van der Waals surface area (Å²) >= 11 is 12.4. The SMILES string of the molecule is Cc1ccc2c(Cl)cc(Cl)c(OCC(=O)Nc3cccc(S(C)(=O)=O)c3)c2n1. The van der Waals surface area contributed by atoms with Crippen LogP contribution in [0.5, 0.6) is 5.75 Å². The number of carbonyl (C=O) groups is 1. The molecule has 2 aromatic carbocycles. The molecule has 1 aromatic heterocycles. The molecule has 1 heterocycles. The summed E-state index contributed by atoms with van der Waals surface area (Å²) < 4.78 is 28.9. The summed E-state index contributed by atoms with van der Waals surface area (Å²) in [4.78, 5) is 16.8. The van der Waals surface area contributed by atoms with E-state index in [0.29, 0.717) is 21.6 Å². The van der Waals surface area contributed by atoms with Crippen molar-refractivity contribution in [1.29, 1.82) is 0 Å². The maximum Gasteiger partial charge on any atom is 0.262 e. The number of hydrogen-bond acceptors (Lipinski definition) is 5. The van der Waals surface area contributed by atoms with E-state index in [9.17, 15) is 13.2 Å². The number of rotatable bonds is 5. The molecule has 0 radical (unpaired) electrons. The van der Waals surface area contributed by atoms with E-state index < -0.39 is 15.7 Å². The molecule has 1 amide bonds. The number of ether oxygens (including phenoxy) is 1. The lowest BCUT2D eigenvalue weighted by Crippen LogP contribution is -2.20. The summed E-state index contributed by atoms with van der Waals surface area (Å²) in [6, 6.07) is 11.1. The first kappa shape index (κ1) is 20.4. The molecule has 28 heavy (non-hydrogen) atoms. The number of carbonyl (C=O) groups excluding carboxylic acids is 1. The minimum atomic E-state index is -3.38. The van der Waals surface area contributed by atoms with E-state index in [1.54, 1.807) is 18.2 Å². The van der Waals surface area contributed by atoms with Crippen LogP contribution in [0.2, 0.25) is 10.0 Å². The molecule has 0 spiro atoms. The number of anilines is 1. The Labute approximate surface area is 172 Å². The molecular formula is C19H16Cl2N2O4S. The highest BCUT2D eigenvalue weighted by Gasteiger charge is 2.15. The number of pyridine rings is 1. The van der Waals surface area contributed by atoms with Crippen LogP contribution in [-0.4, -0.2) is 32.2 Å². The second-order valence-electron chi connectivity index (χ2n) is 6.15. The number of benzene rings is 2. The maximum absolute atomic E-state index is 12.3. The zero-order valence-electron chi connectivity index (χ0n) is 15.0.